The zero-order valence-corrected chi connectivity index (χ0v) is 8.55. The molecule has 0 heterocycles. The van der Waals surface area contributed by atoms with E-state index in [1.54, 1.807) is 0 Å². The second kappa shape index (κ2) is 9.36. The van der Waals surface area contributed by atoms with Crippen molar-refractivity contribution in [1.82, 2.24) is 0 Å². The predicted octanol–water partition coefficient (Wildman–Crippen LogP) is 1.34. The highest BCUT2D eigenvalue weighted by molar-refractivity contribution is 7.47. The van der Waals surface area contributed by atoms with Crippen LogP contribution in [0.3, 0.4) is 0 Å². The highest BCUT2D eigenvalue weighted by atomic mass is 31.2. The monoisotopic (exact) mass is 196 g/mol. The summed E-state index contributed by atoms with van der Waals surface area (Å²) in [5, 5.41) is 8.44. The van der Waals surface area contributed by atoms with Gasteiger partial charge in [0.15, 0.2) is 8.38 Å². The quantitative estimate of drug-likeness (QED) is 0.470. The molecule has 0 aliphatic heterocycles. The maximum atomic E-state index is 8.44. The van der Waals surface area contributed by atoms with E-state index >= 15 is 0 Å². The summed E-state index contributed by atoms with van der Waals surface area (Å²) in [7, 11) is -0.906. The molecular weight excluding hydrogens is 179 g/mol. The number of aliphatic hydroxyl groups excluding tert-OH is 1. The number of hydrogen-bond acceptors (Lipinski definition) is 4. The molecule has 0 atom stereocenters. The third kappa shape index (κ3) is 6.95. The Balaban J connectivity index is 3.34. The average molecular weight is 196 g/mol. The van der Waals surface area contributed by atoms with Crippen LogP contribution in [0.15, 0.2) is 0 Å². The van der Waals surface area contributed by atoms with Crippen LogP contribution in [0, 0.1) is 0 Å². The maximum Gasteiger partial charge on any atom is 0.198 e. The van der Waals surface area contributed by atoms with Crippen LogP contribution >= 0.6 is 8.38 Å². The number of hydrogen-bond donors (Lipinski definition) is 1. The van der Waals surface area contributed by atoms with Crippen LogP contribution in [0.2, 0.25) is 0 Å². The summed E-state index contributed by atoms with van der Waals surface area (Å²) in [5.41, 5.74) is 0. The van der Waals surface area contributed by atoms with Crippen LogP contribution in [0.5, 0.6) is 0 Å². The second-order valence-electron chi connectivity index (χ2n) is 1.93. The Bertz CT molecular complexity index is 85.5. The average Bonchev–Trinajstić information content (AvgIpc) is 2.06. The van der Waals surface area contributed by atoms with Gasteiger partial charge in [-0.05, 0) is 13.8 Å². The molecule has 5 heteroatoms. The fourth-order valence-electron chi connectivity index (χ4n) is 0.603. The van der Waals surface area contributed by atoms with Crippen molar-refractivity contribution < 1.29 is 18.9 Å². The molecule has 0 rings (SSSR count). The van der Waals surface area contributed by atoms with Gasteiger partial charge >= 0.3 is 0 Å². The van der Waals surface area contributed by atoms with Crippen LogP contribution in [-0.4, -0.2) is 37.9 Å². The van der Waals surface area contributed by atoms with Crippen LogP contribution in [-0.2, 0) is 13.8 Å². The fourth-order valence-corrected chi connectivity index (χ4v) is 1.68. The van der Waals surface area contributed by atoms with E-state index in [1.807, 2.05) is 13.8 Å². The molecule has 0 bridgehead atoms. The van der Waals surface area contributed by atoms with E-state index in [4.69, 9.17) is 18.9 Å². The summed E-state index contributed by atoms with van der Waals surface area (Å²) >= 11 is 0. The zero-order chi connectivity index (χ0) is 9.23. The van der Waals surface area contributed by atoms with Gasteiger partial charge in [-0.15, -0.1) is 0 Å². The van der Waals surface area contributed by atoms with E-state index in [9.17, 15) is 0 Å². The van der Waals surface area contributed by atoms with Crippen molar-refractivity contribution in [2.24, 2.45) is 0 Å². The van der Waals surface area contributed by atoms with Crippen molar-refractivity contribution in [3.05, 3.63) is 0 Å². The van der Waals surface area contributed by atoms with E-state index in [0.717, 1.165) is 0 Å². The summed E-state index contributed by atoms with van der Waals surface area (Å²) in [6.45, 7) is 5.49. The Hall–Kier alpha value is 0.270. The lowest BCUT2D eigenvalue weighted by molar-refractivity contribution is 0.110. The Labute approximate surface area is 74.7 Å². The zero-order valence-electron chi connectivity index (χ0n) is 7.65. The molecule has 0 saturated carbocycles. The molecule has 0 aliphatic carbocycles. The molecule has 0 aromatic carbocycles. The first-order valence-electron chi connectivity index (χ1n) is 4.07. The Morgan fingerprint density at radius 1 is 1.17 bits per heavy atom. The van der Waals surface area contributed by atoms with Crippen molar-refractivity contribution in [2.45, 2.75) is 13.8 Å². The normalized spacial score (nSPS) is 11.0. The second-order valence-corrected chi connectivity index (χ2v) is 3.37. The molecule has 0 aliphatic rings. The largest absolute Gasteiger partial charge is 0.394 e. The molecule has 0 aromatic rings. The number of aliphatic hydroxyl groups is 1. The molecule has 0 amide bonds. The van der Waals surface area contributed by atoms with Crippen LogP contribution < -0.4 is 0 Å². The number of rotatable bonds is 8. The predicted molar refractivity (Wildman–Crippen MR) is 48.1 cm³/mol. The summed E-state index contributed by atoms with van der Waals surface area (Å²) in [6, 6.07) is 0. The molecule has 0 aromatic heterocycles. The number of ether oxygens (including phenoxy) is 1. The molecule has 12 heavy (non-hydrogen) atoms. The third-order valence-corrected chi connectivity index (χ3v) is 2.46. The van der Waals surface area contributed by atoms with Gasteiger partial charge in [0.1, 0.15) is 6.35 Å². The Morgan fingerprint density at radius 2 is 1.75 bits per heavy atom. The van der Waals surface area contributed by atoms with Gasteiger partial charge in [0.25, 0.3) is 0 Å². The minimum absolute atomic E-state index is 0.0431. The summed E-state index contributed by atoms with van der Waals surface area (Å²) in [5.74, 6) is 0. The smallest absolute Gasteiger partial charge is 0.198 e. The summed E-state index contributed by atoms with van der Waals surface area (Å²) < 4.78 is 15.6. The Kier molecular flexibility index (Phi) is 9.57. The first-order valence-corrected chi connectivity index (χ1v) is 5.43. The molecule has 4 nitrogen and oxygen atoms in total. The molecule has 0 fully saturated rings. The fraction of sp³-hybridized carbons (Fsp3) is 1.00. The van der Waals surface area contributed by atoms with Gasteiger partial charge in [0, 0.05) is 0 Å². The summed E-state index contributed by atoms with van der Waals surface area (Å²) in [4.78, 5) is 0. The van der Waals surface area contributed by atoms with E-state index < -0.39 is 8.38 Å². The van der Waals surface area contributed by atoms with E-state index in [-0.39, 0.29) is 6.61 Å². The molecule has 1 N–H and O–H groups in total. The van der Waals surface area contributed by atoms with Gasteiger partial charge in [0.05, 0.1) is 26.4 Å². The van der Waals surface area contributed by atoms with Gasteiger partial charge < -0.3 is 18.9 Å². The van der Waals surface area contributed by atoms with Crippen molar-refractivity contribution in [2.75, 3.05) is 32.8 Å². The lowest BCUT2D eigenvalue weighted by atomic mass is 10.8. The lowest BCUT2D eigenvalue weighted by Gasteiger charge is -2.14. The van der Waals surface area contributed by atoms with Crippen LogP contribution in [0.4, 0.5) is 0 Å². The van der Waals surface area contributed by atoms with Gasteiger partial charge in [0.2, 0.25) is 0 Å². The van der Waals surface area contributed by atoms with Gasteiger partial charge in [-0.3, -0.25) is 0 Å². The molecule has 74 valence electrons. The van der Waals surface area contributed by atoms with Crippen molar-refractivity contribution >= 4 is 8.38 Å². The minimum Gasteiger partial charge on any atom is -0.394 e. The van der Waals surface area contributed by atoms with Gasteiger partial charge in [-0.1, -0.05) is 0 Å². The SMILES string of the molecule is CCOP(COCCO)OCC. The van der Waals surface area contributed by atoms with Crippen molar-refractivity contribution in [3.8, 4) is 0 Å². The molecule has 0 radical (unpaired) electrons. The minimum atomic E-state index is -0.906. The Morgan fingerprint density at radius 3 is 2.17 bits per heavy atom. The van der Waals surface area contributed by atoms with Gasteiger partial charge in [-0.25, -0.2) is 0 Å². The van der Waals surface area contributed by atoms with Crippen molar-refractivity contribution in [1.29, 1.82) is 0 Å². The van der Waals surface area contributed by atoms with Gasteiger partial charge in [-0.2, -0.15) is 0 Å². The van der Waals surface area contributed by atoms with E-state index in [1.165, 1.54) is 0 Å². The maximum absolute atomic E-state index is 8.44. The summed E-state index contributed by atoms with van der Waals surface area (Å²) in [6.07, 6.45) is 0.442. The van der Waals surface area contributed by atoms with Crippen LogP contribution in [0.1, 0.15) is 13.8 Å². The lowest BCUT2D eigenvalue weighted by Crippen LogP contribution is -2.02. The standard InChI is InChI=1S/C7H17O4P/c1-3-10-12(11-4-2)7-9-6-5-8/h8H,3-7H2,1-2H3. The van der Waals surface area contributed by atoms with E-state index in [2.05, 4.69) is 0 Å². The molecule has 0 unspecified atom stereocenters. The molecule has 0 spiro atoms. The highest BCUT2D eigenvalue weighted by Gasteiger charge is 2.07. The molecule has 0 saturated heterocycles. The first kappa shape index (κ1) is 12.3. The first-order chi connectivity index (χ1) is 5.85. The third-order valence-electron chi connectivity index (χ3n) is 0.979. The van der Waals surface area contributed by atoms with Crippen LogP contribution in [0.25, 0.3) is 0 Å². The highest BCUT2D eigenvalue weighted by Crippen LogP contribution is 2.37. The topological polar surface area (TPSA) is 47.9 Å². The van der Waals surface area contributed by atoms with E-state index in [0.29, 0.717) is 26.2 Å². The molecular formula is C7H17O4P. The van der Waals surface area contributed by atoms with Crippen molar-refractivity contribution in [3.63, 3.8) is 0 Å².